The van der Waals surface area contributed by atoms with E-state index in [4.69, 9.17) is 0 Å². The Morgan fingerprint density at radius 3 is 2.83 bits per heavy atom. The summed E-state index contributed by atoms with van der Waals surface area (Å²) in [5.74, 6) is 0.340. The molecule has 1 aliphatic heterocycles. The molecule has 1 aromatic rings. The highest BCUT2D eigenvalue weighted by molar-refractivity contribution is 5.82. The summed E-state index contributed by atoms with van der Waals surface area (Å²) in [6.07, 6.45) is 1.95. The molecule has 1 fully saturated rings. The second kappa shape index (κ2) is 5.40. The number of likely N-dealkylation sites (N-methyl/N-ethyl adjacent to an activating group) is 1. The van der Waals surface area contributed by atoms with Gasteiger partial charge in [-0.1, -0.05) is 18.2 Å². The molecule has 0 saturated carbocycles. The summed E-state index contributed by atoms with van der Waals surface area (Å²) in [5.41, 5.74) is 0.784. The number of benzene rings is 1. The molecule has 2 atom stereocenters. The van der Waals surface area contributed by atoms with E-state index in [1.54, 1.807) is 24.1 Å². The van der Waals surface area contributed by atoms with Crippen LogP contribution in [0.5, 0.6) is 5.75 Å². The quantitative estimate of drug-likeness (QED) is 0.855. The molecule has 1 saturated heterocycles. The minimum Gasteiger partial charge on any atom is -0.508 e. The van der Waals surface area contributed by atoms with Crippen molar-refractivity contribution < 1.29 is 9.90 Å². The van der Waals surface area contributed by atoms with Crippen molar-refractivity contribution in [3.8, 4) is 5.75 Å². The van der Waals surface area contributed by atoms with Crippen LogP contribution in [0.15, 0.2) is 24.3 Å². The Bertz CT molecular complexity index is 428. The molecule has 18 heavy (non-hydrogen) atoms. The largest absolute Gasteiger partial charge is 0.508 e. The number of carbonyl (C=O) groups excluding carboxylic acids is 1. The van der Waals surface area contributed by atoms with Gasteiger partial charge >= 0.3 is 0 Å². The Morgan fingerprint density at radius 2 is 2.22 bits per heavy atom. The topological polar surface area (TPSA) is 52.6 Å². The van der Waals surface area contributed by atoms with Gasteiger partial charge in [0.15, 0.2) is 0 Å². The number of aromatic hydroxyl groups is 1. The van der Waals surface area contributed by atoms with Gasteiger partial charge in [0.2, 0.25) is 5.91 Å². The molecule has 0 radical (unpaired) electrons. The fourth-order valence-corrected chi connectivity index (χ4v) is 2.38. The number of carbonyl (C=O) groups is 1. The Morgan fingerprint density at radius 1 is 1.50 bits per heavy atom. The van der Waals surface area contributed by atoms with Crippen molar-refractivity contribution in [3.05, 3.63) is 29.8 Å². The SMILES string of the molecule is CC(c1ccccc1O)N(C)C(=O)[C@H]1CCCN1. The van der Waals surface area contributed by atoms with Crippen LogP contribution in [0, 0.1) is 0 Å². The highest BCUT2D eigenvalue weighted by Crippen LogP contribution is 2.27. The van der Waals surface area contributed by atoms with E-state index in [0.29, 0.717) is 0 Å². The van der Waals surface area contributed by atoms with Crippen molar-refractivity contribution in [2.45, 2.75) is 31.8 Å². The van der Waals surface area contributed by atoms with E-state index in [1.807, 2.05) is 19.1 Å². The normalized spacial score (nSPS) is 20.7. The summed E-state index contributed by atoms with van der Waals surface area (Å²) in [7, 11) is 1.79. The van der Waals surface area contributed by atoms with E-state index in [0.717, 1.165) is 24.9 Å². The molecule has 2 rings (SSSR count). The second-order valence-corrected chi connectivity index (χ2v) is 4.83. The number of nitrogens with zero attached hydrogens (tertiary/aromatic N) is 1. The van der Waals surface area contributed by atoms with Crippen LogP contribution in [0.2, 0.25) is 0 Å². The molecule has 1 aliphatic rings. The average Bonchev–Trinajstić information content (AvgIpc) is 2.90. The van der Waals surface area contributed by atoms with E-state index in [-0.39, 0.29) is 23.7 Å². The van der Waals surface area contributed by atoms with Crippen molar-refractivity contribution >= 4 is 5.91 Å². The Hall–Kier alpha value is -1.55. The lowest BCUT2D eigenvalue weighted by atomic mass is 10.0. The van der Waals surface area contributed by atoms with Crippen molar-refractivity contribution in [1.82, 2.24) is 10.2 Å². The van der Waals surface area contributed by atoms with E-state index >= 15 is 0 Å². The first-order valence-electron chi connectivity index (χ1n) is 6.39. The lowest BCUT2D eigenvalue weighted by Crippen LogP contribution is -2.42. The standard InChI is InChI=1S/C14H20N2O2/c1-10(11-6-3-4-8-13(11)17)16(2)14(18)12-7-5-9-15-12/h3-4,6,8,10,12,15,17H,5,7,9H2,1-2H3/t10?,12-/m1/s1. The molecule has 4 nitrogen and oxygen atoms in total. The fraction of sp³-hybridized carbons (Fsp3) is 0.500. The number of hydrogen-bond donors (Lipinski definition) is 2. The highest BCUT2D eigenvalue weighted by Gasteiger charge is 2.28. The predicted molar refractivity (Wildman–Crippen MR) is 70.3 cm³/mol. The lowest BCUT2D eigenvalue weighted by Gasteiger charge is -2.28. The summed E-state index contributed by atoms with van der Waals surface area (Å²) in [5, 5.41) is 13.0. The third-order valence-corrected chi connectivity index (χ3v) is 3.67. The lowest BCUT2D eigenvalue weighted by molar-refractivity contribution is -0.133. The Labute approximate surface area is 108 Å². The molecule has 1 amide bonds. The third kappa shape index (κ3) is 2.48. The number of para-hydroxylation sites is 1. The monoisotopic (exact) mass is 248 g/mol. The molecule has 1 unspecified atom stereocenters. The van der Waals surface area contributed by atoms with Gasteiger partial charge in [0.1, 0.15) is 5.75 Å². The number of phenolic OH excluding ortho intramolecular Hbond substituents is 1. The molecule has 2 N–H and O–H groups in total. The minimum absolute atomic E-state index is 0.0664. The molecule has 0 aromatic heterocycles. The van der Waals surface area contributed by atoms with E-state index < -0.39 is 0 Å². The molecule has 98 valence electrons. The number of amides is 1. The highest BCUT2D eigenvalue weighted by atomic mass is 16.3. The first kappa shape index (κ1) is 12.9. The van der Waals surface area contributed by atoms with Gasteiger partial charge in [-0.2, -0.15) is 0 Å². The molecular formula is C14H20N2O2. The zero-order valence-corrected chi connectivity index (χ0v) is 10.9. The van der Waals surface area contributed by atoms with Crippen LogP contribution < -0.4 is 5.32 Å². The number of nitrogens with one attached hydrogen (secondary N) is 1. The van der Waals surface area contributed by atoms with Gasteiger partial charge in [-0.05, 0) is 32.4 Å². The summed E-state index contributed by atoms with van der Waals surface area (Å²) in [6, 6.07) is 6.97. The van der Waals surface area contributed by atoms with Crippen molar-refractivity contribution in [3.63, 3.8) is 0 Å². The third-order valence-electron chi connectivity index (χ3n) is 3.67. The van der Waals surface area contributed by atoms with E-state index in [9.17, 15) is 9.90 Å². The summed E-state index contributed by atoms with van der Waals surface area (Å²) >= 11 is 0. The van der Waals surface area contributed by atoms with Gasteiger partial charge in [-0.3, -0.25) is 4.79 Å². The van der Waals surface area contributed by atoms with Gasteiger partial charge in [0.05, 0.1) is 12.1 Å². The molecule has 0 aliphatic carbocycles. The number of hydrogen-bond acceptors (Lipinski definition) is 3. The number of rotatable bonds is 3. The molecular weight excluding hydrogens is 228 g/mol. The Kier molecular flexibility index (Phi) is 3.87. The van der Waals surface area contributed by atoms with Gasteiger partial charge in [0.25, 0.3) is 0 Å². The number of phenols is 1. The van der Waals surface area contributed by atoms with Crippen LogP contribution in [0.1, 0.15) is 31.4 Å². The fourth-order valence-electron chi connectivity index (χ4n) is 2.38. The van der Waals surface area contributed by atoms with Crippen molar-refractivity contribution in [2.24, 2.45) is 0 Å². The van der Waals surface area contributed by atoms with Crippen LogP contribution in [0.3, 0.4) is 0 Å². The van der Waals surface area contributed by atoms with Gasteiger partial charge in [-0.15, -0.1) is 0 Å². The van der Waals surface area contributed by atoms with Crippen LogP contribution in [0.4, 0.5) is 0 Å². The first-order chi connectivity index (χ1) is 8.61. The summed E-state index contributed by atoms with van der Waals surface area (Å²) in [6.45, 7) is 2.84. The maximum absolute atomic E-state index is 12.3. The minimum atomic E-state index is -0.124. The molecule has 1 aromatic carbocycles. The molecule has 4 heteroatoms. The second-order valence-electron chi connectivity index (χ2n) is 4.83. The molecule has 0 bridgehead atoms. The Balaban J connectivity index is 2.10. The van der Waals surface area contributed by atoms with Crippen LogP contribution in [0.25, 0.3) is 0 Å². The van der Waals surface area contributed by atoms with Gasteiger partial charge in [-0.25, -0.2) is 0 Å². The van der Waals surface area contributed by atoms with Crippen LogP contribution in [-0.4, -0.2) is 35.5 Å². The summed E-state index contributed by atoms with van der Waals surface area (Å²) in [4.78, 5) is 14.0. The van der Waals surface area contributed by atoms with Gasteiger partial charge in [0, 0.05) is 12.6 Å². The smallest absolute Gasteiger partial charge is 0.239 e. The first-order valence-corrected chi connectivity index (χ1v) is 6.39. The predicted octanol–water partition coefficient (Wildman–Crippen LogP) is 1.66. The molecule has 0 spiro atoms. The maximum Gasteiger partial charge on any atom is 0.239 e. The van der Waals surface area contributed by atoms with Crippen LogP contribution >= 0.6 is 0 Å². The van der Waals surface area contributed by atoms with E-state index in [2.05, 4.69) is 5.32 Å². The van der Waals surface area contributed by atoms with Crippen LogP contribution in [-0.2, 0) is 4.79 Å². The van der Waals surface area contributed by atoms with Gasteiger partial charge < -0.3 is 15.3 Å². The zero-order valence-electron chi connectivity index (χ0n) is 10.9. The summed E-state index contributed by atoms with van der Waals surface area (Å²) < 4.78 is 0. The van der Waals surface area contributed by atoms with Crippen molar-refractivity contribution in [1.29, 1.82) is 0 Å². The molecule has 1 heterocycles. The van der Waals surface area contributed by atoms with Crippen molar-refractivity contribution in [2.75, 3.05) is 13.6 Å². The zero-order chi connectivity index (χ0) is 13.1. The maximum atomic E-state index is 12.3. The van der Waals surface area contributed by atoms with E-state index in [1.165, 1.54) is 0 Å². The average molecular weight is 248 g/mol.